The molecular formula is C26H21ClN2O7S. The summed E-state index contributed by atoms with van der Waals surface area (Å²) in [5, 5.41) is 11.0. The molecule has 0 saturated carbocycles. The van der Waals surface area contributed by atoms with Crippen LogP contribution in [0.15, 0.2) is 45.6 Å². The maximum absolute atomic E-state index is 13.8. The highest BCUT2D eigenvalue weighted by Gasteiger charge is 2.45. The first-order valence-corrected chi connectivity index (χ1v) is 12.6. The molecule has 0 saturated heterocycles. The van der Waals surface area contributed by atoms with Crippen molar-refractivity contribution >= 4 is 50.9 Å². The summed E-state index contributed by atoms with van der Waals surface area (Å²) in [6.45, 7) is 5.58. The number of carbonyl (C=O) groups excluding carboxylic acids is 2. The molecule has 0 fully saturated rings. The van der Waals surface area contributed by atoms with Gasteiger partial charge in [0.05, 0.1) is 35.9 Å². The van der Waals surface area contributed by atoms with Gasteiger partial charge in [-0.15, -0.1) is 0 Å². The fourth-order valence-electron chi connectivity index (χ4n) is 4.30. The van der Waals surface area contributed by atoms with Gasteiger partial charge in [-0.1, -0.05) is 29.0 Å². The highest BCUT2D eigenvalue weighted by atomic mass is 35.5. The van der Waals surface area contributed by atoms with Crippen LogP contribution in [0, 0.1) is 6.92 Å². The predicted molar refractivity (Wildman–Crippen MR) is 138 cm³/mol. The van der Waals surface area contributed by atoms with Crippen molar-refractivity contribution in [1.29, 1.82) is 0 Å². The summed E-state index contributed by atoms with van der Waals surface area (Å²) in [6, 6.07) is 8.20. The zero-order valence-electron chi connectivity index (χ0n) is 20.0. The van der Waals surface area contributed by atoms with Crippen molar-refractivity contribution in [3.63, 3.8) is 0 Å². The molecule has 1 aliphatic rings. The largest absolute Gasteiger partial charge is 0.504 e. The monoisotopic (exact) mass is 540 g/mol. The molecule has 0 bridgehead atoms. The van der Waals surface area contributed by atoms with Crippen LogP contribution in [0.2, 0.25) is 5.02 Å². The summed E-state index contributed by atoms with van der Waals surface area (Å²) in [4.78, 5) is 46.0. The van der Waals surface area contributed by atoms with Crippen LogP contribution in [0.5, 0.6) is 11.5 Å². The zero-order chi connectivity index (χ0) is 26.4. The smallest absolute Gasteiger partial charge is 0.350 e. The number of amides is 1. The number of benzene rings is 2. The fourth-order valence-corrected chi connectivity index (χ4v) is 5.46. The molecule has 4 aromatic rings. The van der Waals surface area contributed by atoms with Gasteiger partial charge in [0.1, 0.15) is 10.5 Å². The molecule has 1 amide bonds. The van der Waals surface area contributed by atoms with E-state index in [0.717, 1.165) is 11.3 Å². The molecule has 1 N–H and O–H groups in total. The molecule has 1 unspecified atom stereocenters. The van der Waals surface area contributed by atoms with E-state index in [2.05, 4.69) is 4.98 Å². The third-order valence-corrected chi connectivity index (χ3v) is 7.26. The van der Waals surface area contributed by atoms with Gasteiger partial charge in [0.15, 0.2) is 22.1 Å². The topological polar surface area (TPSA) is 119 Å². The number of anilines is 1. The Labute approximate surface area is 219 Å². The van der Waals surface area contributed by atoms with Crippen LogP contribution in [0.25, 0.3) is 11.0 Å². The average Bonchev–Trinajstić information content (AvgIpc) is 3.39. The number of aryl methyl sites for hydroxylation is 1. The number of aromatic hydroxyl groups is 1. The first-order chi connectivity index (χ1) is 17.7. The Hall–Kier alpha value is -3.89. The number of phenolic OH excluding ortho intramolecular Hbond substituents is 1. The maximum Gasteiger partial charge on any atom is 0.350 e. The molecule has 0 aliphatic carbocycles. The number of thiazole rings is 1. The van der Waals surface area contributed by atoms with E-state index in [-0.39, 0.29) is 50.4 Å². The number of hydrogen-bond donors (Lipinski definition) is 1. The summed E-state index contributed by atoms with van der Waals surface area (Å²) >= 11 is 7.12. The number of phenols is 1. The molecular weight excluding hydrogens is 520 g/mol. The second-order valence-corrected chi connectivity index (χ2v) is 9.60. The highest BCUT2D eigenvalue weighted by molar-refractivity contribution is 7.17. The SMILES string of the molecule is CCOC(=O)c1sc(N2C(=O)c3oc4ccc(Cl)cc4c(=O)c3C2c2ccc(O)c(OCC)c2)nc1C. The van der Waals surface area contributed by atoms with Crippen molar-refractivity contribution in [3.05, 3.63) is 79.1 Å². The number of hydrogen-bond acceptors (Lipinski definition) is 9. The molecule has 2 aromatic heterocycles. The molecule has 5 rings (SSSR count). The van der Waals surface area contributed by atoms with E-state index in [0.29, 0.717) is 22.9 Å². The maximum atomic E-state index is 13.8. The van der Waals surface area contributed by atoms with Crippen LogP contribution in [-0.2, 0) is 4.74 Å². The summed E-state index contributed by atoms with van der Waals surface area (Å²) in [7, 11) is 0. The molecule has 1 aliphatic heterocycles. The van der Waals surface area contributed by atoms with Crippen LogP contribution in [-0.4, -0.2) is 35.2 Å². The number of nitrogens with zero attached hydrogens (tertiary/aromatic N) is 2. The lowest BCUT2D eigenvalue weighted by atomic mass is 9.98. The first kappa shape index (κ1) is 24.8. The summed E-state index contributed by atoms with van der Waals surface area (Å²) in [5.74, 6) is -1.18. The normalized spacial score (nSPS) is 14.8. The van der Waals surface area contributed by atoms with E-state index in [9.17, 15) is 19.5 Å². The minimum absolute atomic E-state index is 0.0892. The van der Waals surface area contributed by atoms with Gasteiger partial charge in [-0.3, -0.25) is 14.5 Å². The molecule has 11 heteroatoms. The lowest BCUT2D eigenvalue weighted by Crippen LogP contribution is -2.29. The number of fused-ring (bicyclic) bond motifs is 2. The Kier molecular flexibility index (Phi) is 6.38. The number of esters is 1. The summed E-state index contributed by atoms with van der Waals surface area (Å²) in [6.07, 6.45) is 0. The zero-order valence-corrected chi connectivity index (χ0v) is 21.6. The Morgan fingerprint density at radius 3 is 2.70 bits per heavy atom. The van der Waals surface area contributed by atoms with Crippen molar-refractivity contribution in [2.24, 2.45) is 0 Å². The van der Waals surface area contributed by atoms with Crippen LogP contribution >= 0.6 is 22.9 Å². The summed E-state index contributed by atoms with van der Waals surface area (Å²) < 4.78 is 16.6. The number of ether oxygens (including phenoxy) is 2. The molecule has 0 radical (unpaired) electrons. The van der Waals surface area contributed by atoms with Gasteiger partial charge in [-0.05, 0) is 56.7 Å². The van der Waals surface area contributed by atoms with Gasteiger partial charge in [0.2, 0.25) is 5.76 Å². The van der Waals surface area contributed by atoms with E-state index < -0.39 is 23.3 Å². The van der Waals surface area contributed by atoms with Crippen LogP contribution in [0.1, 0.15) is 56.9 Å². The van der Waals surface area contributed by atoms with Crippen LogP contribution in [0.3, 0.4) is 0 Å². The van der Waals surface area contributed by atoms with E-state index in [1.165, 1.54) is 23.1 Å². The molecule has 37 heavy (non-hydrogen) atoms. The molecule has 190 valence electrons. The second-order valence-electron chi connectivity index (χ2n) is 8.18. The number of rotatable bonds is 6. The molecule has 1 atom stereocenters. The van der Waals surface area contributed by atoms with Gasteiger partial charge >= 0.3 is 5.97 Å². The van der Waals surface area contributed by atoms with Gasteiger partial charge in [0.25, 0.3) is 5.91 Å². The molecule has 0 spiro atoms. The Morgan fingerprint density at radius 1 is 1.19 bits per heavy atom. The van der Waals surface area contributed by atoms with E-state index in [1.54, 1.807) is 39.0 Å². The van der Waals surface area contributed by atoms with Crippen molar-refractivity contribution in [3.8, 4) is 11.5 Å². The standard InChI is InChI=1S/C26H21ClN2O7S/c1-4-34-18-10-13(6-8-16(18)30)20-19-21(31)15-11-14(27)7-9-17(15)36-22(19)24(32)29(20)26-28-12(3)23(37-26)25(33)35-5-2/h6-11,20,30H,4-5H2,1-3H3. The lowest BCUT2D eigenvalue weighted by Gasteiger charge is -2.23. The Bertz CT molecular complexity index is 1630. The van der Waals surface area contributed by atoms with Crippen molar-refractivity contribution in [2.75, 3.05) is 18.1 Å². The third-order valence-electron chi connectivity index (χ3n) is 5.88. The van der Waals surface area contributed by atoms with Crippen LogP contribution in [0.4, 0.5) is 5.13 Å². The number of halogens is 1. The quantitative estimate of drug-likeness (QED) is 0.330. The van der Waals surface area contributed by atoms with Gasteiger partial charge in [-0.2, -0.15) is 0 Å². The molecule has 9 nitrogen and oxygen atoms in total. The van der Waals surface area contributed by atoms with Gasteiger partial charge in [0, 0.05) is 5.02 Å². The van der Waals surface area contributed by atoms with E-state index >= 15 is 0 Å². The second kappa shape index (κ2) is 9.53. The highest BCUT2D eigenvalue weighted by Crippen LogP contribution is 2.44. The van der Waals surface area contributed by atoms with Crippen molar-refractivity contribution in [1.82, 2.24) is 4.98 Å². The first-order valence-electron chi connectivity index (χ1n) is 11.4. The average molecular weight is 541 g/mol. The predicted octanol–water partition coefficient (Wildman–Crippen LogP) is 5.24. The minimum Gasteiger partial charge on any atom is -0.504 e. The van der Waals surface area contributed by atoms with Gasteiger partial charge < -0.3 is 19.0 Å². The minimum atomic E-state index is -0.970. The van der Waals surface area contributed by atoms with Crippen molar-refractivity contribution in [2.45, 2.75) is 26.8 Å². The third kappa shape index (κ3) is 4.11. The Morgan fingerprint density at radius 2 is 1.97 bits per heavy atom. The lowest BCUT2D eigenvalue weighted by molar-refractivity contribution is 0.0531. The van der Waals surface area contributed by atoms with Crippen molar-refractivity contribution < 1.29 is 28.6 Å². The van der Waals surface area contributed by atoms with Gasteiger partial charge in [-0.25, -0.2) is 9.78 Å². The molecule has 2 aromatic carbocycles. The number of aromatic nitrogens is 1. The Balaban J connectivity index is 1.76. The number of carbonyl (C=O) groups is 2. The fraction of sp³-hybridized carbons (Fsp3) is 0.231. The van der Waals surface area contributed by atoms with E-state index in [4.69, 9.17) is 25.5 Å². The van der Waals surface area contributed by atoms with Crippen LogP contribution < -0.4 is 15.1 Å². The van der Waals surface area contributed by atoms with E-state index in [1.807, 2.05) is 0 Å². The molecule has 3 heterocycles. The summed E-state index contributed by atoms with van der Waals surface area (Å²) in [5.41, 5.74) is 0.749.